The largest absolute Gasteiger partial charge is 0.384 e. The summed E-state index contributed by atoms with van der Waals surface area (Å²) in [6, 6.07) is 5.32. The Kier molecular flexibility index (Phi) is 3.98. The van der Waals surface area contributed by atoms with Gasteiger partial charge in [-0.05, 0) is 45.1 Å². The molecule has 2 heterocycles. The maximum Gasteiger partial charge on any atom is 0.255 e. The van der Waals surface area contributed by atoms with Gasteiger partial charge in [0, 0.05) is 19.8 Å². The monoisotopic (exact) mass is 325 g/mol. The fraction of sp³-hybridized carbons (Fsp3) is 0.167. The molecule has 2 rings (SSSR count). The van der Waals surface area contributed by atoms with Gasteiger partial charge in [0.2, 0.25) is 0 Å². The Balaban J connectivity index is 2.07. The summed E-state index contributed by atoms with van der Waals surface area (Å²) in [7, 11) is 1.77. The summed E-state index contributed by atoms with van der Waals surface area (Å²) < 4.78 is 1.06. The number of nitrogen functional groups attached to an aromatic ring is 1. The smallest absolute Gasteiger partial charge is 0.255 e. The molecule has 4 nitrogen and oxygen atoms in total. The molecule has 0 aromatic carbocycles. The molecule has 0 spiro atoms. The normalized spacial score (nSPS) is 10.3. The second-order valence-electron chi connectivity index (χ2n) is 3.89. The van der Waals surface area contributed by atoms with E-state index < -0.39 is 0 Å². The molecule has 0 atom stereocenters. The van der Waals surface area contributed by atoms with Crippen LogP contribution in [0.1, 0.15) is 15.9 Å². The van der Waals surface area contributed by atoms with Crippen LogP contribution in [0.4, 0.5) is 5.82 Å². The fourth-order valence-electron chi connectivity index (χ4n) is 1.53. The van der Waals surface area contributed by atoms with Crippen LogP contribution in [0.5, 0.6) is 0 Å². The van der Waals surface area contributed by atoms with Gasteiger partial charge >= 0.3 is 0 Å². The van der Waals surface area contributed by atoms with Crippen LogP contribution in [-0.4, -0.2) is 22.8 Å². The summed E-state index contributed by atoms with van der Waals surface area (Å²) in [6.45, 7) is 0.575. The number of thiophene rings is 1. The Labute approximate surface area is 118 Å². The van der Waals surface area contributed by atoms with E-state index in [0.29, 0.717) is 17.9 Å². The average Bonchev–Trinajstić information content (AvgIpc) is 2.75. The molecule has 0 radical (unpaired) electrons. The molecule has 0 fully saturated rings. The lowest BCUT2D eigenvalue weighted by atomic mass is 10.2. The van der Waals surface area contributed by atoms with Crippen molar-refractivity contribution in [1.29, 1.82) is 0 Å². The van der Waals surface area contributed by atoms with Crippen molar-refractivity contribution in [1.82, 2.24) is 9.88 Å². The van der Waals surface area contributed by atoms with Crippen LogP contribution in [-0.2, 0) is 6.54 Å². The molecular weight excluding hydrogens is 314 g/mol. The lowest BCUT2D eigenvalue weighted by Crippen LogP contribution is -2.26. The number of rotatable bonds is 3. The summed E-state index contributed by atoms with van der Waals surface area (Å²) in [5.41, 5.74) is 7.13. The molecule has 94 valence electrons. The SMILES string of the molecule is CN(Cc1csc(Br)c1)C(=O)c1ccc(N)nc1. The van der Waals surface area contributed by atoms with Crippen LogP contribution in [0.2, 0.25) is 0 Å². The van der Waals surface area contributed by atoms with Crippen molar-refractivity contribution in [3.8, 4) is 0 Å². The van der Waals surface area contributed by atoms with E-state index in [-0.39, 0.29) is 5.91 Å². The first kappa shape index (κ1) is 13.0. The number of hydrogen-bond donors (Lipinski definition) is 1. The van der Waals surface area contributed by atoms with Crippen LogP contribution in [0.15, 0.2) is 33.6 Å². The first-order valence-corrected chi connectivity index (χ1v) is 6.93. The first-order valence-electron chi connectivity index (χ1n) is 5.26. The average molecular weight is 326 g/mol. The minimum atomic E-state index is -0.0650. The number of nitrogens with zero attached hydrogens (tertiary/aromatic N) is 2. The topological polar surface area (TPSA) is 59.2 Å². The standard InChI is InChI=1S/C12H12BrN3OS/c1-16(6-8-4-10(13)18-7-8)12(17)9-2-3-11(14)15-5-9/h2-5,7H,6H2,1H3,(H2,14,15). The second kappa shape index (κ2) is 5.49. The van der Waals surface area contributed by atoms with E-state index >= 15 is 0 Å². The molecule has 2 aromatic rings. The van der Waals surface area contributed by atoms with Gasteiger partial charge in [0.25, 0.3) is 5.91 Å². The minimum absolute atomic E-state index is 0.0650. The van der Waals surface area contributed by atoms with E-state index in [1.54, 1.807) is 35.4 Å². The molecule has 6 heteroatoms. The maximum absolute atomic E-state index is 12.1. The van der Waals surface area contributed by atoms with Gasteiger partial charge in [-0.15, -0.1) is 11.3 Å². The highest BCUT2D eigenvalue weighted by molar-refractivity contribution is 9.11. The Bertz CT molecular complexity index is 553. The predicted molar refractivity (Wildman–Crippen MR) is 76.5 cm³/mol. The van der Waals surface area contributed by atoms with Crippen molar-refractivity contribution in [3.63, 3.8) is 0 Å². The highest BCUT2D eigenvalue weighted by Gasteiger charge is 2.12. The Hall–Kier alpha value is -1.40. The van der Waals surface area contributed by atoms with Crippen LogP contribution in [0.25, 0.3) is 0 Å². The van der Waals surface area contributed by atoms with Crippen molar-refractivity contribution < 1.29 is 4.79 Å². The lowest BCUT2D eigenvalue weighted by molar-refractivity contribution is 0.0785. The molecule has 0 saturated heterocycles. The van der Waals surface area contributed by atoms with E-state index in [4.69, 9.17) is 5.73 Å². The number of carbonyl (C=O) groups is 1. The van der Waals surface area contributed by atoms with Crippen molar-refractivity contribution in [2.45, 2.75) is 6.54 Å². The van der Waals surface area contributed by atoms with Crippen LogP contribution in [0.3, 0.4) is 0 Å². The second-order valence-corrected chi connectivity index (χ2v) is 6.18. The Morgan fingerprint density at radius 2 is 2.33 bits per heavy atom. The van der Waals surface area contributed by atoms with E-state index in [9.17, 15) is 4.79 Å². The molecule has 0 aliphatic carbocycles. The van der Waals surface area contributed by atoms with Crippen LogP contribution in [0, 0.1) is 0 Å². The van der Waals surface area contributed by atoms with Crippen molar-refractivity contribution in [2.75, 3.05) is 12.8 Å². The van der Waals surface area contributed by atoms with Gasteiger partial charge in [-0.3, -0.25) is 4.79 Å². The van der Waals surface area contributed by atoms with E-state index in [0.717, 1.165) is 9.35 Å². The number of pyridine rings is 1. The Morgan fingerprint density at radius 3 is 2.89 bits per heavy atom. The summed E-state index contributed by atoms with van der Waals surface area (Å²) in [5, 5.41) is 2.02. The molecule has 0 aliphatic rings. The minimum Gasteiger partial charge on any atom is -0.384 e. The Morgan fingerprint density at radius 1 is 1.56 bits per heavy atom. The number of hydrogen-bond acceptors (Lipinski definition) is 4. The predicted octanol–water partition coefficient (Wildman–Crippen LogP) is 2.76. The summed E-state index contributed by atoms with van der Waals surface area (Å²) in [5.74, 6) is 0.348. The molecule has 2 N–H and O–H groups in total. The molecule has 2 aromatic heterocycles. The third-order valence-corrected chi connectivity index (χ3v) is 3.97. The van der Waals surface area contributed by atoms with E-state index in [1.165, 1.54) is 6.20 Å². The fourth-order valence-corrected chi connectivity index (χ4v) is 2.73. The quantitative estimate of drug-likeness (QED) is 0.943. The third kappa shape index (κ3) is 3.08. The van der Waals surface area contributed by atoms with Gasteiger partial charge in [-0.25, -0.2) is 4.98 Å². The van der Waals surface area contributed by atoms with Gasteiger partial charge in [0.05, 0.1) is 9.35 Å². The van der Waals surface area contributed by atoms with Gasteiger partial charge in [-0.1, -0.05) is 0 Å². The lowest BCUT2D eigenvalue weighted by Gasteiger charge is -2.16. The zero-order chi connectivity index (χ0) is 13.1. The van der Waals surface area contributed by atoms with Crippen molar-refractivity contribution in [2.24, 2.45) is 0 Å². The maximum atomic E-state index is 12.1. The molecular formula is C12H12BrN3OS. The number of amides is 1. The zero-order valence-electron chi connectivity index (χ0n) is 9.76. The highest BCUT2D eigenvalue weighted by Crippen LogP contribution is 2.21. The van der Waals surface area contributed by atoms with Gasteiger partial charge < -0.3 is 10.6 Å². The third-order valence-electron chi connectivity index (χ3n) is 2.42. The number of nitrogens with two attached hydrogens (primary N) is 1. The molecule has 18 heavy (non-hydrogen) atoms. The first-order chi connectivity index (χ1) is 8.56. The number of halogens is 1. The zero-order valence-corrected chi connectivity index (χ0v) is 12.2. The van der Waals surface area contributed by atoms with Gasteiger partial charge in [0.1, 0.15) is 5.82 Å². The van der Waals surface area contributed by atoms with Gasteiger partial charge in [0.15, 0.2) is 0 Å². The van der Waals surface area contributed by atoms with E-state index in [1.807, 2.05) is 11.4 Å². The van der Waals surface area contributed by atoms with Crippen LogP contribution < -0.4 is 5.73 Å². The molecule has 1 amide bonds. The summed E-state index contributed by atoms with van der Waals surface area (Å²) in [6.07, 6.45) is 1.50. The highest BCUT2D eigenvalue weighted by atomic mass is 79.9. The van der Waals surface area contributed by atoms with Crippen molar-refractivity contribution >= 4 is 39.0 Å². The molecule has 0 bridgehead atoms. The summed E-state index contributed by atoms with van der Waals surface area (Å²) in [4.78, 5) is 17.7. The summed E-state index contributed by atoms with van der Waals surface area (Å²) >= 11 is 5.01. The van der Waals surface area contributed by atoms with Crippen molar-refractivity contribution in [3.05, 3.63) is 44.7 Å². The van der Waals surface area contributed by atoms with Crippen LogP contribution >= 0.6 is 27.3 Å². The number of anilines is 1. The van der Waals surface area contributed by atoms with Gasteiger partial charge in [-0.2, -0.15) is 0 Å². The number of carbonyl (C=O) groups excluding carboxylic acids is 1. The molecule has 0 saturated carbocycles. The van der Waals surface area contributed by atoms with E-state index in [2.05, 4.69) is 20.9 Å². The molecule has 0 aliphatic heterocycles. The molecule has 0 unspecified atom stereocenters. The number of aromatic nitrogens is 1.